The van der Waals surface area contributed by atoms with Crippen molar-refractivity contribution in [3.63, 3.8) is 0 Å². The van der Waals surface area contributed by atoms with E-state index in [0.717, 1.165) is 29.6 Å². The Balaban J connectivity index is 2.19. The van der Waals surface area contributed by atoms with Crippen LogP contribution in [0.25, 0.3) is 0 Å². The molecule has 0 atom stereocenters. The first-order valence-corrected chi connectivity index (χ1v) is 6.45. The van der Waals surface area contributed by atoms with Gasteiger partial charge >= 0.3 is 0 Å². The summed E-state index contributed by atoms with van der Waals surface area (Å²) >= 11 is 6.12. The van der Waals surface area contributed by atoms with E-state index in [-0.39, 0.29) is 0 Å². The van der Waals surface area contributed by atoms with Crippen molar-refractivity contribution in [1.29, 1.82) is 0 Å². The van der Waals surface area contributed by atoms with E-state index in [1.807, 2.05) is 19.2 Å². The molecule has 0 aliphatic carbocycles. The van der Waals surface area contributed by atoms with Crippen LogP contribution in [0.1, 0.15) is 26.0 Å². The lowest BCUT2D eigenvalue weighted by atomic mass is 9.93. The van der Waals surface area contributed by atoms with Gasteiger partial charge in [0.25, 0.3) is 0 Å². The maximum Gasteiger partial charge on any atom is 0.128 e. The average molecular weight is 254 g/mol. The van der Waals surface area contributed by atoms with E-state index < -0.39 is 0 Å². The smallest absolute Gasteiger partial charge is 0.128 e. The van der Waals surface area contributed by atoms with Gasteiger partial charge in [0.2, 0.25) is 0 Å². The van der Waals surface area contributed by atoms with Crippen molar-refractivity contribution in [2.24, 2.45) is 5.41 Å². The van der Waals surface area contributed by atoms with Gasteiger partial charge in [-0.1, -0.05) is 25.4 Å². The molecule has 1 aromatic heterocycles. The molecule has 0 bridgehead atoms. The van der Waals surface area contributed by atoms with E-state index in [9.17, 15) is 0 Å². The van der Waals surface area contributed by atoms with Gasteiger partial charge in [0, 0.05) is 19.6 Å². The number of nitrogens with zero attached hydrogens (tertiary/aromatic N) is 2. The van der Waals surface area contributed by atoms with Gasteiger partial charge in [-0.2, -0.15) is 0 Å². The summed E-state index contributed by atoms with van der Waals surface area (Å²) < 4.78 is 0. The molecule has 0 radical (unpaired) electrons. The zero-order valence-electron chi connectivity index (χ0n) is 10.8. The van der Waals surface area contributed by atoms with Crippen LogP contribution in [0.15, 0.2) is 12.1 Å². The lowest BCUT2D eigenvalue weighted by Gasteiger charge is -2.21. The van der Waals surface area contributed by atoms with E-state index >= 15 is 0 Å². The van der Waals surface area contributed by atoms with Crippen LogP contribution in [0, 0.1) is 5.41 Å². The molecule has 0 saturated carbocycles. The number of aromatic nitrogens is 1. The third kappa shape index (κ3) is 2.90. The van der Waals surface area contributed by atoms with E-state index in [1.54, 1.807) is 0 Å². The van der Waals surface area contributed by atoms with E-state index in [4.69, 9.17) is 11.6 Å². The van der Waals surface area contributed by atoms with E-state index in [2.05, 4.69) is 29.0 Å². The second-order valence-electron chi connectivity index (χ2n) is 5.46. The lowest BCUT2D eigenvalue weighted by molar-refractivity contribution is 0.418. The quantitative estimate of drug-likeness (QED) is 0.898. The third-order valence-electron chi connectivity index (χ3n) is 3.25. The topological polar surface area (TPSA) is 28.2 Å². The fraction of sp³-hybridized carbons (Fsp3) is 0.615. The minimum atomic E-state index is 0.393. The summed E-state index contributed by atoms with van der Waals surface area (Å²) in [6.07, 6.45) is 1.22. The standard InChI is InChI=1S/C13H20ClN3/c1-13(2)6-7-17(9-13)12-5-4-10(14)11(16-12)8-15-3/h4-5,15H,6-9H2,1-3H3. The van der Waals surface area contributed by atoms with Crippen LogP contribution in [0.4, 0.5) is 5.82 Å². The number of hydrogen-bond acceptors (Lipinski definition) is 3. The van der Waals surface area contributed by atoms with Gasteiger partial charge in [0.1, 0.15) is 5.82 Å². The monoisotopic (exact) mass is 253 g/mol. The molecule has 1 fully saturated rings. The highest BCUT2D eigenvalue weighted by Gasteiger charge is 2.29. The Bertz CT molecular complexity index is 404. The zero-order valence-corrected chi connectivity index (χ0v) is 11.5. The zero-order chi connectivity index (χ0) is 12.5. The molecule has 0 amide bonds. The number of hydrogen-bond donors (Lipinski definition) is 1. The molecule has 1 aliphatic rings. The molecular formula is C13H20ClN3. The van der Waals surface area contributed by atoms with Crippen LogP contribution in [-0.4, -0.2) is 25.1 Å². The minimum Gasteiger partial charge on any atom is -0.356 e. The molecule has 1 N–H and O–H groups in total. The number of pyridine rings is 1. The first kappa shape index (κ1) is 12.7. The average Bonchev–Trinajstić information content (AvgIpc) is 2.62. The molecule has 1 saturated heterocycles. The molecule has 17 heavy (non-hydrogen) atoms. The van der Waals surface area contributed by atoms with Crippen molar-refractivity contribution in [2.45, 2.75) is 26.8 Å². The highest BCUT2D eigenvalue weighted by molar-refractivity contribution is 6.31. The Hall–Kier alpha value is -0.800. The second kappa shape index (κ2) is 4.83. The predicted octanol–water partition coefficient (Wildman–Crippen LogP) is 2.69. The van der Waals surface area contributed by atoms with Gasteiger partial charge in [-0.25, -0.2) is 4.98 Å². The minimum absolute atomic E-state index is 0.393. The normalized spacial score (nSPS) is 18.7. The SMILES string of the molecule is CNCc1nc(N2CCC(C)(C)C2)ccc1Cl. The maximum atomic E-state index is 6.12. The Labute approximate surface area is 108 Å². The molecule has 0 aromatic carbocycles. The second-order valence-corrected chi connectivity index (χ2v) is 5.87. The Morgan fingerprint density at radius 2 is 2.24 bits per heavy atom. The molecule has 1 aromatic rings. The summed E-state index contributed by atoms with van der Waals surface area (Å²) in [7, 11) is 1.91. The summed E-state index contributed by atoms with van der Waals surface area (Å²) in [6, 6.07) is 3.96. The van der Waals surface area contributed by atoms with Gasteiger partial charge in [-0.05, 0) is 31.0 Å². The predicted molar refractivity (Wildman–Crippen MR) is 72.6 cm³/mol. The third-order valence-corrected chi connectivity index (χ3v) is 3.59. The summed E-state index contributed by atoms with van der Waals surface area (Å²) in [6.45, 7) is 7.47. The van der Waals surface area contributed by atoms with Crippen LogP contribution < -0.4 is 10.2 Å². The van der Waals surface area contributed by atoms with Crippen molar-refractivity contribution in [2.75, 3.05) is 25.0 Å². The molecule has 2 rings (SSSR count). The van der Waals surface area contributed by atoms with Crippen molar-refractivity contribution < 1.29 is 0 Å². The summed E-state index contributed by atoms with van der Waals surface area (Å²) in [5.41, 5.74) is 1.32. The van der Waals surface area contributed by atoms with Gasteiger partial charge in [-0.3, -0.25) is 0 Å². The number of anilines is 1. The maximum absolute atomic E-state index is 6.12. The molecule has 1 aliphatic heterocycles. The molecule has 3 nitrogen and oxygen atoms in total. The summed E-state index contributed by atoms with van der Waals surface area (Å²) in [5, 5.41) is 3.83. The van der Waals surface area contributed by atoms with Crippen molar-refractivity contribution in [3.05, 3.63) is 22.8 Å². The summed E-state index contributed by atoms with van der Waals surface area (Å²) in [5.74, 6) is 1.05. The first-order chi connectivity index (χ1) is 8.02. The highest BCUT2D eigenvalue weighted by Crippen LogP contribution is 2.32. The Morgan fingerprint density at radius 1 is 1.47 bits per heavy atom. The van der Waals surface area contributed by atoms with Gasteiger partial charge < -0.3 is 10.2 Å². The molecular weight excluding hydrogens is 234 g/mol. The van der Waals surface area contributed by atoms with Crippen LogP contribution in [0.5, 0.6) is 0 Å². The van der Waals surface area contributed by atoms with Gasteiger partial charge in [0.15, 0.2) is 0 Å². The fourth-order valence-corrected chi connectivity index (χ4v) is 2.42. The highest BCUT2D eigenvalue weighted by atomic mass is 35.5. The largest absolute Gasteiger partial charge is 0.356 e. The molecule has 94 valence electrons. The van der Waals surface area contributed by atoms with Crippen LogP contribution in [0.3, 0.4) is 0 Å². The van der Waals surface area contributed by atoms with Crippen LogP contribution in [-0.2, 0) is 6.54 Å². The van der Waals surface area contributed by atoms with Crippen molar-refractivity contribution in [1.82, 2.24) is 10.3 Å². The Morgan fingerprint density at radius 3 is 2.82 bits per heavy atom. The molecule has 0 unspecified atom stereocenters. The lowest BCUT2D eigenvalue weighted by Crippen LogP contribution is -2.24. The molecule has 0 spiro atoms. The van der Waals surface area contributed by atoms with E-state index in [1.165, 1.54) is 6.42 Å². The number of rotatable bonds is 3. The van der Waals surface area contributed by atoms with Gasteiger partial charge in [-0.15, -0.1) is 0 Å². The summed E-state index contributed by atoms with van der Waals surface area (Å²) in [4.78, 5) is 6.98. The Kier molecular flexibility index (Phi) is 3.59. The molecule has 4 heteroatoms. The first-order valence-electron chi connectivity index (χ1n) is 6.07. The van der Waals surface area contributed by atoms with Gasteiger partial charge in [0.05, 0.1) is 10.7 Å². The van der Waals surface area contributed by atoms with Crippen LogP contribution >= 0.6 is 11.6 Å². The van der Waals surface area contributed by atoms with Crippen molar-refractivity contribution in [3.8, 4) is 0 Å². The number of nitrogens with one attached hydrogen (secondary N) is 1. The van der Waals surface area contributed by atoms with Crippen molar-refractivity contribution >= 4 is 17.4 Å². The molecule has 2 heterocycles. The van der Waals surface area contributed by atoms with E-state index in [0.29, 0.717) is 12.0 Å². The number of halogens is 1. The van der Waals surface area contributed by atoms with Crippen LogP contribution in [0.2, 0.25) is 5.02 Å². The fourth-order valence-electron chi connectivity index (χ4n) is 2.25.